The Labute approximate surface area is 220 Å². The van der Waals surface area contributed by atoms with Crippen LogP contribution in [0.15, 0.2) is 46.9 Å². The Morgan fingerprint density at radius 1 is 1.22 bits per heavy atom. The van der Waals surface area contributed by atoms with Crippen molar-refractivity contribution in [2.24, 2.45) is 0 Å². The molecule has 0 saturated carbocycles. The number of nitrogens with zero attached hydrogens (tertiary/aromatic N) is 5. The van der Waals surface area contributed by atoms with Gasteiger partial charge in [0, 0.05) is 54.3 Å². The number of aromatic nitrogens is 3. The van der Waals surface area contributed by atoms with Gasteiger partial charge in [-0.05, 0) is 38.4 Å². The highest BCUT2D eigenvalue weighted by Crippen LogP contribution is 2.32. The molecule has 1 amide bonds. The third-order valence-corrected chi connectivity index (χ3v) is 6.65. The van der Waals surface area contributed by atoms with E-state index in [2.05, 4.69) is 20.4 Å². The van der Waals surface area contributed by atoms with E-state index in [9.17, 15) is 4.79 Å². The van der Waals surface area contributed by atoms with Crippen LogP contribution in [0.1, 0.15) is 27.5 Å². The van der Waals surface area contributed by atoms with Crippen LogP contribution < -0.4 is 10.1 Å². The van der Waals surface area contributed by atoms with E-state index in [1.54, 1.807) is 25.3 Å². The van der Waals surface area contributed by atoms with Gasteiger partial charge in [0.15, 0.2) is 0 Å². The molecule has 0 radical (unpaired) electrons. The molecular weight excluding hydrogens is 492 g/mol. The lowest BCUT2D eigenvalue weighted by atomic mass is 9.95. The summed E-state index contributed by atoms with van der Waals surface area (Å²) in [6.45, 7) is 3.10. The molecule has 0 saturated heterocycles. The monoisotopic (exact) mass is 520 g/mol. The van der Waals surface area contributed by atoms with Gasteiger partial charge in [0.1, 0.15) is 5.75 Å². The molecule has 4 aromatic rings. The Bertz CT molecular complexity index is 1440. The Morgan fingerprint density at radius 2 is 2.05 bits per heavy atom. The van der Waals surface area contributed by atoms with Crippen molar-refractivity contribution in [3.05, 3.63) is 70.2 Å². The minimum Gasteiger partial charge on any atom is -0.496 e. The number of para-hydroxylation sites is 1. The van der Waals surface area contributed by atoms with Crippen molar-refractivity contribution >= 4 is 28.4 Å². The third kappa shape index (κ3) is 5.44. The van der Waals surface area contributed by atoms with Crippen molar-refractivity contribution in [1.29, 1.82) is 0 Å². The van der Waals surface area contributed by atoms with Crippen molar-refractivity contribution in [2.75, 3.05) is 40.8 Å². The summed E-state index contributed by atoms with van der Waals surface area (Å²) in [4.78, 5) is 22.5. The Morgan fingerprint density at radius 3 is 2.86 bits per heavy atom. The van der Waals surface area contributed by atoms with E-state index in [0.29, 0.717) is 53.3 Å². The molecular formula is C27H29ClN6O3. The molecule has 10 heteroatoms. The summed E-state index contributed by atoms with van der Waals surface area (Å²) in [6.07, 6.45) is 0.723. The number of rotatable bonds is 8. The van der Waals surface area contributed by atoms with Crippen LogP contribution in [0.4, 0.5) is 0 Å². The summed E-state index contributed by atoms with van der Waals surface area (Å²) in [5.41, 5.74) is 4.08. The number of ether oxygens (including phenoxy) is 1. The predicted octanol–water partition coefficient (Wildman–Crippen LogP) is 3.80. The molecule has 37 heavy (non-hydrogen) atoms. The molecule has 1 aliphatic rings. The zero-order chi connectivity index (χ0) is 25.9. The SMILES string of the molecule is COc1ccc(Cl)cc1-c1nnc(CN2CCc3nc4ccccc4c(C(=O)NCCN(C)C)c3C2)o1. The number of hydrogen-bond donors (Lipinski definition) is 1. The van der Waals surface area contributed by atoms with E-state index >= 15 is 0 Å². The molecule has 1 aliphatic heterocycles. The molecule has 0 bridgehead atoms. The van der Waals surface area contributed by atoms with Crippen LogP contribution in [0.5, 0.6) is 5.75 Å². The van der Waals surface area contributed by atoms with E-state index in [-0.39, 0.29) is 5.91 Å². The number of fused-ring (bicyclic) bond motifs is 2. The number of likely N-dealkylation sites (N-methyl/N-ethyl adjacent to an activating group) is 1. The highest BCUT2D eigenvalue weighted by Gasteiger charge is 2.27. The Balaban J connectivity index is 1.40. The van der Waals surface area contributed by atoms with Crippen molar-refractivity contribution in [3.8, 4) is 17.2 Å². The fourth-order valence-electron chi connectivity index (χ4n) is 4.59. The van der Waals surface area contributed by atoms with Crippen LogP contribution in [-0.4, -0.2) is 71.7 Å². The maximum atomic E-state index is 13.4. The fraction of sp³-hybridized carbons (Fsp3) is 0.333. The van der Waals surface area contributed by atoms with Gasteiger partial charge < -0.3 is 19.4 Å². The average molecular weight is 521 g/mol. The summed E-state index contributed by atoms with van der Waals surface area (Å²) in [7, 11) is 5.56. The lowest BCUT2D eigenvalue weighted by Crippen LogP contribution is -2.35. The zero-order valence-corrected chi connectivity index (χ0v) is 21.9. The van der Waals surface area contributed by atoms with Crippen LogP contribution >= 0.6 is 11.6 Å². The van der Waals surface area contributed by atoms with Gasteiger partial charge in [0.05, 0.1) is 30.3 Å². The molecule has 9 nitrogen and oxygen atoms in total. The number of benzene rings is 2. The van der Waals surface area contributed by atoms with Crippen molar-refractivity contribution in [3.63, 3.8) is 0 Å². The number of carbonyl (C=O) groups is 1. The van der Waals surface area contributed by atoms with Crippen LogP contribution in [0.3, 0.4) is 0 Å². The number of methoxy groups -OCH3 is 1. The standard InChI is InChI=1S/C27H29ClN6O3/c1-33(2)13-11-29-26(35)25-18-6-4-5-7-21(18)30-22-10-12-34(15-20(22)25)16-24-31-32-27(37-24)19-14-17(28)8-9-23(19)36-3/h4-9,14H,10-13,15-16H2,1-3H3,(H,29,35). The molecule has 3 heterocycles. The molecule has 192 valence electrons. The molecule has 0 aliphatic carbocycles. The van der Waals surface area contributed by atoms with Gasteiger partial charge in [0.25, 0.3) is 11.8 Å². The molecule has 5 rings (SSSR count). The van der Waals surface area contributed by atoms with Crippen molar-refractivity contribution in [1.82, 2.24) is 30.3 Å². The lowest BCUT2D eigenvalue weighted by molar-refractivity contribution is 0.0949. The van der Waals surface area contributed by atoms with E-state index < -0.39 is 0 Å². The van der Waals surface area contributed by atoms with Gasteiger partial charge in [0.2, 0.25) is 5.89 Å². The number of pyridine rings is 1. The second kappa shape index (κ2) is 10.8. The summed E-state index contributed by atoms with van der Waals surface area (Å²) < 4.78 is 11.4. The number of hydrogen-bond acceptors (Lipinski definition) is 8. The molecule has 2 aromatic carbocycles. The Kier molecular flexibility index (Phi) is 7.36. The summed E-state index contributed by atoms with van der Waals surface area (Å²) in [5, 5.41) is 13.0. The summed E-state index contributed by atoms with van der Waals surface area (Å²) in [5.74, 6) is 1.35. The van der Waals surface area contributed by atoms with E-state index in [1.165, 1.54) is 0 Å². The molecule has 0 unspecified atom stereocenters. The highest BCUT2D eigenvalue weighted by molar-refractivity contribution is 6.30. The van der Waals surface area contributed by atoms with Gasteiger partial charge in [-0.1, -0.05) is 29.8 Å². The first-order valence-electron chi connectivity index (χ1n) is 12.1. The quantitative estimate of drug-likeness (QED) is 0.375. The van der Waals surface area contributed by atoms with Crippen LogP contribution in [0, 0.1) is 0 Å². The van der Waals surface area contributed by atoms with Gasteiger partial charge >= 0.3 is 0 Å². The molecule has 2 aromatic heterocycles. The van der Waals surface area contributed by atoms with Crippen LogP contribution in [0.25, 0.3) is 22.4 Å². The second-order valence-corrected chi connectivity index (χ2v) is 9.73. The predicted molar refractivity (Wildman–Crippen MR) is 142 cm³/mol. The van der Waals surface area contributed by atoms with Gasteiger partial charge in [-0.2, -0.15) is 0 Å². The zero-order valence-electron chi connectivity index (χ0n) is 21.1. The van der Waals surface area contributed by atoms with Gasteiger partial charge in [-0.3, -0.25) is 14.7 Å². The molecule has 0 atom stereocenters. The molecule has 0 fully saturated rings. The molecule has 0 spiro atoms. The topological polar surface area (TPSA) is 96.6 Å². The summed E-state index contributed by atoms with van der Waals surface area (Å²) >= 11 is 6.17. The normalized spacial score (nSPS) is 13.6. The van der Waals surface area contributed by atoms with E-state index in [1.807, 2.05) is 43.3 Å². The first-order valence-corrected chi connectivity index (χ1v) is 12.5. The minimum atomic E-state index is -0.0772. The summed E-state index contributed by atoms with van der Waals surface area (Å²) in [6, 6.07) is 13.1. The largest absolute Gasteiger partial charge is 0.496 e. The number of nitrogens with one attached hydrogen (secondary N) is 1. The first-order chi connectivity index (χ1) is 17.9. The van der Waals surface area contributed by atoms with Crippen LogP contribution in [-0.2, 0) is 19.5 Å². The van der Waals surface area contributed by atoms with E-state index in [0.717, 1.165) is 41.7 Å². The van der Waals surface area contributed by atoms with E-state index in [4.69, 9.17) is 25.7 Å². The average Bonchev–Trinajstić information content (AvgIpc) is 3.35. The number of carbonyl (C=O) groups excluding carboxylic acids is 1. The smallest absolute Gasteiger partial charge is 0.252 e. The van der Waals surface area contributed by atoms with Crippen molar-refractivity contribution in [2.45, 2.75) is 19.5 Å². The van der Waals surface area contributed by atoms with Crippen LogP contribution in [0.2, 0.25) is 5.02 Å². The number of halogens is 1. The maximum absolute atomic E-state index is 13.4. The first kappa shape index (κ1) is 25.1. The lowest BCUT2D eigenvalue weighted by Gasteiger charge is -2.29. The van der Waals surface area contributed by atoms with Gasteiger partial charge in [-0.25, -0.2) is 0 Å². The molecule has 1 N–H and O–H groups in total. The van der Waals surface area contributed by atoms with Crippen molar-refractivity contribution < 1.29 is 13.9 Å². The number of amides is 1. The third-order valence-electron chi connectivity index (χ3n) is 6.41. The van der Waals surface area contributed by atoms with Gasteiger partial charge in [-0.15, -0.1) is 10.2 Å². The Hall–Kier alpha value is -3.53. The minimum absolute atomic E-state index is 0.0772. The second-order valence-electron chi connectivity index (χ2n) is 9.29. The highest BCUT2D eigenvalue weighted by atomic mass is 35.5. The maximum Gasteiger partial charge on any atom is 0.252 e. The fourth-order valence-corrected chi connectivity index (χ4v) is 4.76.